The van der Waals surface area contributed by atoms with Gasteiger partial charge in [-0.2, -0.15) is 0 Å². The molecule has 1 amide bonds. The lowest BCUT2D eigenvalue weighted by atomic mass is 10.3. The van der Waals surface area contributed by atoms with Crippen molar-refractivity contribution >= 4 is 15.9 Å². The smallest absolute Gasteiger partial charge is 0.258 e. The molecular weight excluding hydrogens is 354 g/mol. The van der Waals surface area contributed by atoms with Crippen molar-refractivity contribution < 1.29 is 17.9 Å². The molecular formula is C18H23N3O4S. The Morgan fingerprint density at radius 1 is 1.15 bits per heavy atom. The molecule has 1 atom stereocenters. The maximum absolute atomic E-state index is 12.2. The van der Waals surface area contributed by atoms with Crippen molar-refractivity contribution in [3.63, 3.8) is 0 Å². The zero-order chi connectivity index (χ0) is 19.0. The SMILES string of the molecule is CC[C@@H](C)NS(=O)(=O)c1ccc(OCC(=O)NCc2ccncc2)cc1. The van der Waals surface area contributed by atoms with Crippen LogP contribution in [0.15, 0.2) is 53.7 Å². The average Bonchev–Trinajstić information content (AvgIpc) is 2.65. The Kier molecular flexibility index (Phi) is 7.11. The van der Waals surface area contributed by atoms with Crippen LogP contribution in [0.25, 0.3) is 0 Å². The quantitative estimate of drug-likeness (QED) is 0.695. The summed E-state index contributed by atoms with van der Waals surface area (Å²) in [6.07, 6.45) is 4.02. The number of amides is 1. The molecule has 140 valence electrons. The van der Waals surface area contributed by atoms with E-state index >= 15 is 0 Å². The molecule has 0 spiro atoms. The lowest BCUT2D eigenvalue weighted by Gasteiger charge is -2.12. The summed E-state index contributed by atoms with van der Waals surface area (Å²) < 4.78 is 32.3. The molecule has 7 nitrogen and oxygen atoms in total. The summed E-state index contributed by atoms with van der Waals surface area (Å²) in [7, 11) is -3.55. The zero-order valence-electron chi connectivity index (χ0n) is 14.8. The number of hydrogen-bond acceptors (Lipinski definition) is 5. The second-order valence-corrected chi connectivity index (χ2v) is 7.54. The maximum Gasteiger partial charge on any atom is 0.258 e. The normalized spacial score (nSPS) is 12.4. The molecule has 0 unspecified atom stereocenters. The number of carbonyl (C=O) groups is 1. The van der Waals surface area contributed by atoms with Gasteiger partial charge in [-0.15, -0.1) is 0 Å². The predicted molar refractivity (Wildman–Crippen MR) is 98.1 cm³/mol. The number of pyridine rings is 1. The van der Waals surface area contributed by atoms with Gasteiger partial charge in [0, 0.05) is 25.0 Å². The Labute approximate surface area is 153 Å². The molecule has 0 aliphatic heterocycles. The molecule has 0 saturated carbocycles. The monoisotopic (exact) mass is 377 g/mol. The number of nitrogens with zero attached hydrogens (tertiary/aromatic N) is 1. The minimum Gasteiger partial charge on any atom is -0.484 e. The van der Waals surface area contributed by atoms with Crippen molar-refractivity contribution in [2.24, 2.45) is 0 Å². The zero-order valence-corrected chi connectivity index (χ0v) is 15.6. The van der Waals surface area contributed by atoms with E-state index in [1.807, 2.05) is 19.1 Å². The Morgan fingerprint density at radius 3 is 2.42 bits per heavy atom. The van der Waals surface area contributed by atoms with Gasteiger partial charge in [-0.1, -0.05) is 6.92 Å². The summed E-state index contributed by atoms with van der Waals surface area (Å²) in [5, 5.41) is 2.74. The molecule has 0 bridgehead atoms. The molecule has 0 saturated heterocycles. The van der Waals surface area contributed by atoms with E-state index in [0.717, 1.165) is 5.56 Å². The molecule has 2 rings (SSSR count). The number of nitrogens with one attached hydrogen (secondary N) is 2. The topological polar surface area (TPSA) is 97.4 Å². The maximum atomic E-state index is 12.2. The Hall–Kier alpha value is -2.45. The number of aromatic nitrogens is 1. The van der Waals surface area contributed by atoms with E-state index in [9.17, 15) is 13.2 Å². The van der Waals surface area contributed by atoms with E-state index in [4.69, 9.17) is 4.74 Å². The highest BCUT2D eigenvalue weighted by Gasteiger charge is 2.16. The van der Waals surface area contributed by atoms with E-state index in [1.54, 1.807) is 19.3 Å². The van der Waals surface area contributed by atoms with Gasteiger partial charge in [0.1, 0.15) is 5.75 Å². The summed E-state index contributed by atoms with van der Waals surface area (Å²) in [6.45, 7) is 3.95. The minimum absolute atomic E-state index is 0.139. The first-order chi connectivity index (χ1) is 12.4. The van der Waals surface area contributed by atoms with Gasteiger partial charge in [0.15, 0.2) is 6.61 Å². The van der Waals surface area contributed by atoms with Gasteiger partial charge in [-0.25, -0.2) is 13.1 Å². The first-order valence-corrected chi connectivity index (χ1v) is 9.80. The van der Waals surface area contributed by atoms with Gasteiger partial charge in [-0.3, -0.25) is 9.78 Å². The molecule has 2 N–H and O–H groups in total. The van der Waals surface area contributed by atoms with E-state index < -0.39 is 10.0 Å². The van der Waals surface area contributed by atoms with Gasteiger partial charge in [0.05, 0.1) is 4.90 Å². The molecule has 0 aliphatic rings. The lowest BCUT2D eigenvalue weighted by Crippen LogP contribution is -2.32. The number of carbonyl (C=O) groups excluding carboxylic acids is 1. The first-order valence-electron chi connectivity index (χ1n) is 8.31. The standard InChI is InChI=1S/C18H23N3O4S/c1-3-14(2)21-26(23,24)17-6-4-16(5-7-17)25-13-18(22)20-12-15-8-10-19-11-9-15/h4-11,14,21H,3,12-13H2,1-2H3,(H,20,22)/t14-/m1/s1. The number of rotatable bonds is 9. The van der Waals surface area contributed by atoms with Crippen LogP contribution in [-0.4, -0.2) is 32.0 Å². The molecule has 1 heterocycles. The lowest BCUT2D eigenvalue weighted by molar-refractivity contribution is -0.123. The van der Waals surface area contributed by atoms with Crippen LogP contribution in [0.2, 0.25) is 0 Å². The summed E-state index contributed by atoms with van der Waals surface area (Å²) in [4.78, 5) is 15.9. The minimum atomic E-state index is -3.55. The molecule has 26 heavy (non-hydrogen) atoms. The van der Waals surface area contributed by atoms with Crippen LogP contribution >= 0.6 is 0 Å². The highest BCUT2D eigenvalue weighted by molar-refractivity contribution is 7.89. The van der Waals surface area contributed by atoms with Crippen LogP contribution in [0.3, 0.4) is 0 Å². The van der Waals surface area contributed by atoms with Crippen molar-refractivity contribution in [1.29, 1.82) is 0 Å². The van der Waals surface area contributed by atoms with E-state index in [0.29, 0.717) is 18.7 Å². The third-order valence-corrected chi connectivity index (χ3v) is 5.32. The van der Waals surface area contributed by atoms with Gasteiger partial charge in [0.2, 0.25) is 10.0 Å². The summed E-state index contributed by atoms with van der Waals surface area (Å²) >= 11 is 0. The molecule has 2 aromatic rings. The molecule has 8 heteroatoms. The second kappa shape index (κ2) is 9.30. The summed E-state index contributed by atoms with van der Waals surface area (Å²) in [6, 6.07) is 9.45. The summed E-state index contributed by atoms with van der Waals surface area (Å²) in [5.74, 6) is 0.156. The van der Waals surface area contributed by atoms with Crippen molar-refractivity contribution in [2.75, 3.05) is 6.61 Å². The fraction of sp³-hybridized carbons (Fsp3) is 0.333. The third kappa shape index (κ3) is 6.12. The van der Waals surface area contributed by atoms with Crippen LogP contribution in [-0.2, 0) is 21.4 Å². The number of sulfonamides is 1. The Bertz CT molecular complexity index is 808. The number of ether oxygens (including phenoxy) is 1. The van der Waals surface area contributed by atoms with Crippen LogP contribution in [0.5, 0.6) is 5.75 Å². The Morgan fingerprint density at radius 2 is 1.81 bits per heavy atom. The van der Waals surface area contributed by atoms with E-state index in [1.165, 1.54) is 24.3 Å². The molecule has 1 aromatic carbocycles. The van der Waals surface area contributed by atoms with Crippen LogP contribution in [0, 0.1) is 0 Å². The molecule has 0 aliphatic carbocycles. The molecule has 0 fully saturated rings. The van der Waals surface area contributed by atoms with Crippen molar-refractivity contribution in [3.8, 4) is 5.75 Å². The van der Waals surface area contributed by atoms with Crippen LogP contribution in [0.4, 0.5) is 0 Å². The number of hydrogen-bond donors (Lipinski definition) is 2. The fourth-order valence-electron chi connectivity index (χ4n) is 2.03. The van der Waals surface area contributed by atoms with Crippen molar-refractivity contribution in [3.05, 3.63) is 54.4 Å². The molecule has 0 radical (unpaired) electrons. The third-order valence-electron chi connectivity index (χ3n) is 3.71. The van der Waals surface area contributed by atoms with E-state index in [-0.39, 0.29) is 23.5 Å². The fourth-order valence-corrected chi connectivity index (χ4v) is 3.36. The van der Waals surface area contributed by atoms with Crippen molar-refractivity contribution in [2.45, 2.75) is 37.8 Å². The predicted octanol–water partition coefficient (Wildman–Crippen LogP) is 1.85. The van der Waals surface area contributed by atoms with Crippen LogP contribution < -0.4 is 14.8 Å². The summed E-state index contributed by atoms with van der Waals surface area (Å²) in [5.41, 5.74) is 0.941. The largest absolute Gasteiger partial charge is 0.484 e. The number of benzene rings is 1. The van der Waals surface area contributed by atoms with Gasteiger partial charge in [-0.05, 0) is 55.3 Å². The molecule has 1 aromatic heterocycles. The van der Waals surface area contributed by atoms with Crippen molar-refractivity contribution in [1.82, 2.24) is 15.0 Å². The second-order valence-electron chi connectivity index (χ2n) is 5.82. The first kappa shape index (κ1) is 19.9. The highest BCUT2D eigenvalue weighted by Crippen LogP contribution is 2.16. The Balaban J connectivity index is 1.84. The highest BCUT2D eigenvalue weighted by atomic mass is 32.2. The van der Waals surface area contributed by atoms with E-state index in [2.05, 4.69) is 15.0 Å². The van der Waals surface area contributed by atoms with Gasteiger partial charge < -0.3 is 10.1 Å². The van der Waals surface area contributed by atoms with Crippen LogP contribution in [0.1, 0.15) is 25.8 Å². The van der Waals surface area contributed by atoms with Gasteiger partial charge >= 0.3 is 0 Å². The average molecular weight is 377 g/mol. The van der Waals surface area contributed by atoms with Gasteiger partial charge in [0.25, 0.3) is 5.91 Å².